The number of ether oxygens (including phenoxy) is 1. The number of nitrogens with zero attached hydrogens (tertiary/aromatic N) is 2. The summed E-state index contributed by atoms with van der Waals surface area (Å²) in [4.78, 5) is 0. The van der Waals surface area contributed by atoms with Gasteiger partial charge in [-0.2, -0.15) is 5.10 Å². The first kappa shape index (κ1) is 16.2. The lowest BCUT2D eigenvalue weighted by Crippen LogP contribution is -2.01. The van der Waals surface area contributed by atoms with E-state index in [2.05, 4.69) is 41.5 Å². The zero-order chi connectivity index (χ0) is 17.6. The summed E-state index contributed by atoms with van der Waals surface area (Å²) in [7, 11) is 0. The summed E-state index contributed by atoms with van der Waals surface area (Å²) in [5.74, 6) is 0.878. The Bertz CT molecular complexity index is 944. The van der Waals surface area contributed by atoms with Crippen LogP contribution in [0.4, 0.5) is 0 Å². The Morgan fingerprint density at radius 2 is 1.38 bits per heavy atom. The van der Waals surface area contributed by atoms with Crippen LogP contribution in [0, 0.1) is 0 Å². The van der Waals surface area contributed by atoms with E-state index in [1.54, 1.807) is 0 Å². The predicted molar refractivity (Wildman–Crippen MR) is 104 cm³/mol. The number of benzene rings is 3. The fraction of sp³-hybridized carbons (Fsp3) is 0.0870. The normalized spacial score (nSPS) is 10.6. The Morgan fingerprint density at radius 3 is 2.12 bits per heavy atom. The van der Waals surface area contributed by atoms with Gasteiger partial charge in [-0.3, -0.25) is 4.68 Å². The highest BCUT2D eigenvalue weighted by atomic mass is 16.5. The Morgan fingerprint density at radius 1 is 0.692 bits per heavy atom. The van der Waals surface area contributed by atoms with Crippen LogP contribution in [-0.4, -0.2) is 9.78 Å². The Balaban J connectivity index is 1.38. The highest BCUT2D eigenvalue weighted by molar-refractivity contribution is 5.58. The van der Waals surface area contributed by atoms with Crippen molar-refractivity contribution < 1.29 is 4.74 Å². The minimum Gasteiger partial charge on any atom is -0.489 e. The lowest BCUT2D eigenvalue weighted by Gasteiger charge is -2.07. The van der Waals surface area contributed by atoms with Crippen molar-refractivity contribution in [2.24, 2.45) is 0 Å². The fourth-order valence-electron chi connectivity index (χ4n) is 2.83. The van der Waals surface area contributed by atoms with Gasteiger partial charge in [-0.1, -0.05) is 72.8 Å². The van der Waals surface area contributed by atoms with Gasteiger partial charge in [0.05, 0.1) is 12.2 Å². The predicted octanol–water partition coefficient (Wildman–Crippen LogP) is 5.18. The van der Waals surface area contributed by atoms with Crippen molar-refractivity contribution in [3.63, 3.8) is 0 Å². The van der Waals surface area contributed by atoms with Crippen molar-refractivity contribution in [2.45, 2.75) is 13.2 Å². The number of hydrogen-bond acceptors (Lipinski definition) is 2. The highest BCUT2D eigenvalue weighted by Gasteiger charge is 2.03. The van der Waals surface area contributed by atoms with Crippen molar-refractivity contribution >= 4 is 0 Å². The monoisotopic (exact) mass is 340 g/mol. The van der Waals surface area contributed by atoms with E-state index in [4.69, 9.17) is 4.74 Å². The molecule has 4 rings (SSSR count). The van der Waals surface area contributed by atoms with E-state index in [-0.39, 0.29) is 0 Å². The van der Waals surface area contributed by atoms with Crippen LogP contribution < -0.4 is 4.74 Å². The van der Waals surface area contributed by atoms with Crippen LogP contribution in [0.25, 0.3) is 11.3 Å². The molecule has 0 atom stereocenters. The maximum atomic E-state index is 5.84. The molecule has 3 heteroatoms. The van der Waals surface area contributed by atoms with Crippen LogP contribution in [-0.2, 0) is 13.2 Å². The van der Waals surface area contributed by atoms with E-state index < -0.39 is 0 Å². The molecule has 0 aliphatic carbocycles. The molecule has 0 N–H and O–H groups in total. The Labute approximate surface area is 153 Å². The number of rotatable bonds is 6. The lowest BCUT2D eigenvalue weighted by atomic mass is 10.2. The van der Waals surface area contributed by atoms with Crippen molar-refractivity contribution in [1.29, 1.82) is 0 Å². The first-order valence-corrected chi connectivity index (χ1v) is 8.71. The Hall–Kier alpha value is -3.33. The zero-order valence-corrected chi connectivity index (χ0v) is 14.5. The highest BCUT2D eigenvalue weighted by Crippen LogP contribution is 2.18. The molecule has 0 bridgehead atoms. The topological polar surface area (TPSA) is 27.1 Å². The van der Waals surface area contributed by atoms with Gasteiger partial charge >= 0.3 is 0 Å². The molecule has 1 aromatic heterocycles. The second-order valence-corrected chi connectivity index (χ2v) is 6.18. The van der Waals surface area contributed by atoms with Gasteiger partial charge in [-0.25, -0.2) is 0 Å². The molecule has 0 fully saturated rings. The largest absolute Gasteiger partial charge is 0.489 e. The molecule has 0 unspecified atom stereocenters. The first-order valence-electron chi connectivity index (χ1n) is 8.71. The molecule has 0 aliphatic heterocycles. The maximum absolute atomic E-state index is 5.84. The first-order chi connectivity index (χ1) is 12.9. The van der Waals surface area contributed by atoms with Crippen LogP contribution in [0.1, 0.15) is 11.1 Å². The molecule has 3 aromatic carbocycles. The van der Waals surface area contributed by atoms with E-state index >= 15 is 0 Å². The van der Waals surface area contributed by atoms with Gasteiger partial charge in [0.1, 0.15) is 12.4 Å². The van der Waals surface area contributed by atoms with Crippen molar-refractivity contribution in [1.82, 2.24) is 9.78 Å². The van der Waals surface area contributed by atoms with Crippen molar-refractivity contribution in [3.8, 4) is 17.0 Å². The van der Waals surface area contributed by atoms with Crippen LogP contribution in [0.15, 0.2) is 97.2 Å². The van der Waals surface area contributed by atoms with Gasteiger partial charge in [0.25, 0.3) is 0 Å². The lowest BCUT2D eigenvalue weighted by molar-refractivity contribution is 0.306. The summed E-state index contributed by atoms with van der Waals surface area (Å²) in [5.41, 5.74) is 4.49. The molecular formula is C23H20N2O. The molecule has 3 nitrogen and oxygen atoms in total. The second kappa shape index (κ2) is 7.70. The van der Waals surface area contributed by atoms with E-state index in [1.807, 2.05) is 65.5 Å². The Kier molecular flexibility index (Phi) is 4.79. The van der Waals surface area contributed by atoms with E-state index in [9.17, 15) is 0 Å². The molecule has 0 amide bonds. The molecular weight excluding hydrogens is 320 g/mol. The van der Waals surface area contributed by atoms with E-state index in [0.717, 1.165) is 23.6 Å². The second-order valence-electron chi connectivity index (χ2n) is 6.18. The third-order valence-electron chi connectivity index (χ3n) is 4.23. The van der Waals surface area contributed by atoms with Gasteiger partial charge in [-0.15, -0.1) is 0 Å². The van der Waals surface area contributed by atoms with Gasteiger partial charge in [-0.05, 0) is 29.3 Å². The van der Waals surface area contributed by atoms with Crippen molar-refractivity contribution in [3.05, 3.63) is 108 Å². The zero-order valence-electron chi connectivity index (χ0n) is 14.5. The van der Waals surface area contributed by atoms with E-state index in [1.165, 1.54) is 11.1 Å². The van der Waals surface area contributed by atoms with Crippen LogP contribution in [0.2, 0.25) is 0 Å². The molecule has 0 aliphatic rings. The minimum absolute atomic E-state index is 0.583. The SMILES string of the molecule is c1ccc(COc2ccc(Cn3ccc(-c4ccccc4)n3)cc2)cc1. The standard InChI is InChI=1S/C23H20N2O/c1-3-7-20(8-4-1)18-26-22-13-11-19(12-14-22)17-25-16-15-23(24-25)21-9-5-2-6-10-21/h1-16H,17-18H2. The van der Waals surface area contributed by atoms with Gasteiger partial charge in [0, 0.05) is 11.8 Å². The smallest absolute Gasteiger partial charge is 0.119 e. The summed E-state index contributed by atoms with van der Waals surface area (Å²) >= 11 is 0. The molecule has 1 heterocycles. The van der Waals surface area contributed by atoms with E-state index in [0.29, 0.717) is 6.61 Å². The van der Waals surface area contributed by atoms with Crippen molar-refractivity contribution in [2.75, 3.05) is 0 Å². The number of hydrogen-bond donors (Lipinski definition) is 0. The third kappa shape index (κ3) is 4.01. The minimum atomic E-state index is 0.583. The third-order valence-corrected chi connectivity index (χ3v) is 4.23. The summed E-state index contributed by atoms with van der Waals surface area (Å²) in [5, 5.41) is 4.66. The summed E-state index contributed by atoms with van der Waals surface area (Å²) < 4.78 is 7.80. The summed E-state index contributed by atoms with van der Waals surface area (Å²) in [6.45, 7) is 1.32. The molecule has 0 saturated heterocycles. The number of aromatic nitrogens is 2. The van der Waals surface area contributed by atoms with Crippen LogP contribution >= 0.6 is 0 Å². The van der Waals surface area contributed by atoms with Gasteiger partial charge < -0.3 is 4.74 Å². The molecule has 26 heavy (non-hydrogen) atoms. The summed E-state index contributed by atoms with van der Waals surface area (Å²) in [6, 6.07) is 30.7. The fourth-order valence-corrected chi connectivity index (χ4v) is 2.83. The van der Waals surface area contributed by atoms with Crippen LogP contribution in [0.5, 0.6) is 5.75 Å². The molecule has 0 radical (unpaired) electrons. The van der Waals surface area contributed by atoms with Gasteiger partial charge in [0.2, 0.25) is 0 Å². The average molecular weight is 340 g/mol. The van der Waals surface area contributed by atoms with Crippen LogP contribution in [0.3, 0.4) is 0 Å². The summed E-state index contributed by atoms with van der Waals surface area (Å²) in [6.07, 6.45) is 2.02. The molecule has 0 saturated carbocycles. The maximum Gasteiger partial charge on any atom is 0.119 e. The molecule has 0 spiro atoms. The molecule has 128 valence electrons. The quantitative estimate of drug-likeness (QED) is 0.484. The molecule has 4 aromatic rings. The average Bonchev–Trinajstić information content (AvgIpc) is 3.17. The van der Waals surface area contributed by atoms with Gasteiger partial charge in [0.15, 0.2) is 0 Å².